The van der Waals surface area contributed by atoms with Crippen molar-refractivity contribution >= 4 is 5.69 Å². The number of nitrogens with zero attached hydrogens (tertiary/aromatic N) is 1. The standard InChI is InChI=1S/C16H22N2/c1-13-3-2-4-15(8-5-13)18-16-9-6-14(7-10-16)11-12-17/h6-7,9-10,13,15,18H,2-5,8,11H2,1H3. The van der Waals surface area contributed by atoms with Crippen molar-refractivity contribution in [1.82, 2.24) is 0 Å². The minimum atomic E-state index is 0.501. The molecule has 2 rings (SSSR count). The van der Waals surface area contributed by atoms with E-state index in [9.17, 15) is 0 Å². The summed E-state index contributed by atoms with van der Waals surface area (Å²) in [6, 6.07) is 11.1. The van der Waals surface area contributed by atoms with Crippen LogP contribution in [0.25, 0.3) is 0 Å². The first-order valence-electron chi connectivity index (χ1n) is 7.00. The summed E-state index contributed by atoms with van der Waals surface area (Å²) in [7, 11) is 0. The first-order chi connectivity index (χ1) is 8.78. The fourth-order valence-corrected chi connectivity index (χ4v) is 2.68. The summed E-state index contributed by atoms with van der Waals surface area (Å²) in [5.74, 6) is 0.884. The number of benzene rings is 1. The van der Waals surface area contributed by atoms with Crippen molar-refractivity contribution in [3.8, 4) is 6.07 Å². The molecule has 1 saturated carbocycles. The van der Waals surface area contributed by atoms with Gasteiger partial charge in [-0.2, -0.15) is 5.26 Å². The maximum atomic E-state index is 8.64. The molecular formula is C16H22N2. The number of hydrogen-bond acceptors (Lipinski definition) is 2. The molecule has 1 aliphatic rings. The van der Waals surface area contributed by atoms with Crippen LogP contribution >= 0.6 is 0 Å². The fraction of sp³-hybridized carbons (Fsp3) is 0.562. The summed E-state index contributed by atoms with van der Waals surface area (Å²) < 4.78 is 0. The van der Waals surface area contributed by atoms with Crippen LogP contribution in [-0.4, -0.2) is 6.04 Å². The third-order valence-electron chi connectivity index (χ3n) is 3.87. The van der Waals surface area contributed by atoms with Gasteiger partial charge in [0.15, 0.2) is 0 Å². The highest BCUT2D eigenvalue weighted by atomic mass is 14.9. The van der Waals surface area contributed by atoms with Crippen molar-refractivity contribution in [1.29, 1.82) is 5.26 Å². The van der Waals surface area contributed by atoms with Crippen LogP contribution in [0.1, 0.15) is 44.6 Å². The quantitative estimate of drug-likeness (QED) is 0.809. The maximum absolute atomic E-state index is 8.64. The molecule has 1 aromatic rings. The highest BCUT2D eigenvalue weighted by molar-refractivity contribution is 5.45. The van der Waals surface area contributed by atoms with E-state index in [-0.39, 0.29) is 0 Å². The van der Waals surface area contributed by atoms with Crippen molar-refractivity contribution < 1.29 is 0 Å². The maximum Gasteiger partial charge on any atom is 0.0669 e. The zero-order valence-electron chi connectivity index (χ0n) is 11.2. The van der Waals surface area contributed by atoms with Gasteiger partial charge < -0.3 is 5.32 Å². The molecular weight excluding hydrogens is 220 g/mol. The fourth-order valence-electron chi connectivity index (χ4n) is 2.68. The zero-order valence-corrected chi connectivity index (χ0v) is 11.2. The number of rotatable bonds is 3. The molecule has 18 heavy (non-hydrogen) atoms. The van der Waals surface area contributed by atoms with Crippen LogP contribution in [0, 0.1) is 17.2 Å². The minimum absolute atomic E-state index is 0.501. The summed E-state index contributed by atoms with van der Waals surface area (Å²) in [6.07, 6.45) is 7.11. The largest absolute Gasteiger partial charge is 0.382 e. The van der Waals surface area contributed by atoms with Gasteiger partial charge in [-0.25, -0.2) is 0 Å². The van der Waals surface area contributed by atoms with E-state index in [1.54, 1.807) is 0 Å². The van der Waals surface area contributed by atoms with Crippen LogP contribution in [0.3, 0.4) is 0 Å². The predicted octanol–water partition coefficient (Wildman–Crippen LogP) is 4.13. The average Bonchev–Trinajstić information content (AvgIpc) is 2.57. The molecule has 0 spiro atoms. The molecule has 2 heteroatoms. The Labute approximate surface area is 110 Å². The molecule has 2 nitrogen and oxygen atoms in total. The zero-order chi connectivity index (χ0) is 12.8. The van der Waals surface area contributed by atoms with E-state index in [4.69, 9.17) is 5.26 Å². The molecule has 1 fully saturated rings. The van der Waals surface area contributed by atoms with Gasteiger partial charge in [0.2, 0.25) is 0 Å². The molecule has 1 aliphatic carbocycles. The first kappa shape index (κ1) is 13.0. The average molecular weight is 242 g/mol. The Bertz CT molecular complexity index is 402. The Hall–Kier alpha value is -1.49. The Morgan fingerprint density at radius 3 is 2.67 bits per heavy atom. The normalized spacial score (nSPS) is 24.0. The van der Waals surface area contributed by atoms with Gasteiger partial charge in [-0.05, 0) is 42.9 Å². The third kappa shape index (κ3) is 3.77. The van der Waals surface area contributed by atoms with Crippen LogP contribution < -0.4 is 5.32 Å². The van der Waals surface area contributed by atoms with Crippen molar-refractivity contribution in [2.45, 2.75) is 51.5 Å². The molecule has 0 aromatic heterocycles. The molecule has 1 aromatic carbocycles. The molecule has 1 N–H and O–H groups in total. The van der Waals surface area contributed by atoms with Gasteiger partial charge in [0, 0.05) is 11.7 Å². The van der Waals surface area contributed by atoms with Gasteiger partial charge >= 0.3 is 0 Å². The SMILES string of the molecule is CC1CCCC(Nc2ccc(CC#N)cc2)CC1. The topological polar surface area (TPSA) is 35.8 Å². The predicted molar refractivity (Wildman–Crippen MR) is 75.4 cm³/mol. The lowest BCUT2D eigenvalue weighted by Crippen LogP contribution is -2.18. The Kier molecular flexibility index (Phi) is 4.64. The Morgan fingerprint density at radius 2 is 1.94 bits per heavy atom. The van der Waals surface area contributed by atoms with E-state index in [0.29, 0.717) is 12.5 Å². The molecule has 0 amide bonds. The van der Waals surface area contributed by atoms with E-state index >= 15 is 0 Å². The van der Waals surface area contributed by atoms with E-state index < -0.39 is 0 Å². The van der Waals surface area contributed by atoms with E-state index in [1.165, 1.54) is 37.8 Å². The van der Waals surface area contributed by atoms with Gasteiger partial charge in [0.05, 0.1) is 12.5 Å². The van der Waals surface area contributed by atoms with Crippen LogP contribution in [0.15, 0.2) is 24.3 Å². The lowest BCUT2D eigenvalue weighted by atomic mass is 10.0. The monoisotopic (exact) mass is 242 g/mol. The van der Waals surface area contributed by atoms with Gasteiger partial charge in [-0.3, -0.25) is 0 Å². The van der Waals surface area contributed by atoms with Crippen LogP contribution in [-0.2, 0) is 6.42 Å². The second-order valence-electron chi connectivity index (χ2n) is 5.49. The molecule has 0 bridgehead atoms. The molecule has 2 unspecified atom stereocenters. The van der Waals surface area contributed by atoms with Gasteiger partial charge in [0.1, 0.15) is 0 Å². The highest BCUT2D eigenvalue weighted by Gasteiger charge is 2.15. The second-order valence-corrected chi connectivity index (χ2v) is 5.49. The van der Waals surface area contributed by atoms with Crippen LogP contribution in [0.4, 0.5) is 5.69 Å². The van der Waals surface area contributed by atoms with Gasteiger partial charge in [0.25, 0.3) is 0 Å². The minimum Gasteiger partial charge on any atom is -0.382 e. The van der Waals surface area contributed by atoms with Crippen molar-refractivity contribution in [2.75, 3.05) is 5.32 Å². The number of nitriles is 1. The Balaban J connectivity index is 1.90. The Morgan fingerprint density at radius 1 is 1.17 bits per heavy atom. The van der Waals surface area contributed by atoms with E-state index in [2.05, 4.69) is 30.4 Å². The lowest BCUT2D eigenvalue weighted by Gasteiger charge is -2.18. The lowest BCUT2D eigenvalue weighted by molar-refractivity contribution is 0.502. The van der Waals surface area contributed by atoms with Gasteiger partial charge in [-0.15, -0.1) is 0 Å². The second kappa shape index (κ2) is 6.44. The summed E-state index contributed by atoms with van der Waals surface area (Å²) in [4.78, 5) is 0. The van der Waals surface area contributed by atoms with Crippen molar-refractivity contribution in [2.24, 2.45) is 5.92 Å². The summed E-state index contributed by atoms with van der Waals surface area (Å²) >= 11 is 0. The summed E-state index contributed by atoms with van der Waals surface area (Å²) in [5.41, 5.74) is 2.29. The van der Waals surface area contributed by atoms with E-state index in [1.807, 2.05) is 12.1 Å². The molecule has 0 aliphatic heterocycles. The highest BCUT2D eigenvalue weighted by Crippen LogP contribution is 2.25. The first-order valence-corrected chi connectivity index (χ1v) is 7.00. The van der Waals surface area contributed by atoms with Crippen molar-refractivity contribution in [3.63, 3.8) is 0 Å². The summed E-state index contributed by atoms with van der Waals surface area (Å²) in [5, 5.41) is 12.3. The molecule has 2 atom stereocenters. The van der Waals surface area contributed by atoms with Crippen LogP contribution in [0.5, 0.6) is 0 Å². The molecule has 0 heterocycles. The summed E-state index contributed by atoms with van der Waals surface area (Å²) in [6.45, 7) is 2.36. The molecule has 96 valence electrons. The third-order valence-corrected chi connectivity index (χ3v) is 3.87. The number of hydrogen-bond donors (Lipinski definition) is 1. The van der Waals surface area contributed by atoms with E-state index in [0.717, 1.165) is 11.5 Å². The smallest absolute Gasteiger partial charge is 0.0669 e. The van der Waals surface area contributed by atoms with Gasteiger partial charge in [-0.1, -0.05) is 31.9 Å². The molecule has 0 radical (unpaired) electrons. The molecule has 0 saturated heterocycles. The number of nitrogens with one attached hydrogen (secondary N) is 1. The van der Waals surface area contributed by atoms with Crippen LogP contribution in [0.2, 0.25) is 0 Å². The van der Waals surface area contributed by atoms with Crippen molar-refractivity contribution in [3.05, 3.63) is 29.8 Å². The number of anilines is 1.